The minimum atomic E-state index is -3.82. The Kier molecular flexibility index (Phi) is 3.88. The number of methoxy groups -OCH3 is 1. The molecule has 134 valence electrons. The van der Waals surface area contributed by atoms with Gasteiger partial charge in [0.05, 0.1) is 23.4 Å². The van der Waals surface area contributed by atoms with Crippen molar-refractivity contribution in [3.05, 3.63) is 49.1 Å². The first-order chi connectivity index (χ1) is 12.6. The van der Waals surface area contributed by atoms with Crippen LogP contribution in [0, 0.1) is 0 Å². The van der Waals surface area contributed by atoms with E-state index in [1.165, 1.54) is 31.9 Å². The molecule has 1 aromatic heterocycles. The van der Waals surface area contributed by atoms with E-state index < -0.39 is 10.0 Å². The van der Waals surface area contributed by atoms with Gasteiger partial charge >= 0.3 is 0 Å². The fourth-order valence-electron chi connectivity index (χ4n) is 2.54. The summed E-state index contributed by atoms with van der Waals surface area (Å²) in [5.41, 5.74) is 0.996. The minimum Gasteiger partial charge on any atom is -0.495 e. The summed E-state index contributed by atoms with van der Waals surface area (Å²) in [6, 6.07) is 9.36. The summed E-state index contributed by atoms with van der Waals surface area (Å²) in [4.78, 5) is 0.0591. The second kappa shape index (κ2) is 6.23. The molecule has 0 unspecified atom stereocenters. The molecule has 0 fully saturated rings. The van der Waals surface area contributed by atoms with Crippen LogP contribution >= 0.6 is 0 Å². The largest absolute Gasteiger partial charge is 0.495 e. The summed E-state index contributed by atoms with van der Waals surface area (Å²) in [5.74, 6) is 1.44. The average Bonchev–Trinajstić information content (AvgIpc) is 3.32. The number of hydrogen-bond donors (Lipinski definition) is 1. The lowest BCUT2D eigenvalue weighted by molar-refractivity contribution is 0.174. The molecule has 0 saturated carbocycles. The van der Waals surface area contributed by atoms with E-state index in [0.29, 0.717) is 28.6 Å². The van der Waals surface area contributed by atoms with E-state index in [0.717, 1.165) is 0 Å². The molecule has 2 aromatic carbocycles. The number of hydrogen-bond acceptors (Lipinski definition) is 7. The number of benzene rings is 2. The fraction of sp³-hybridized carbons (Fsp3) is 0.125. The highest BCUT2D eigenvalue weighted by atomic mass is 32.2. The fourth-order valence-corrected chi connectivity index (χ4v) is 3.60. The summed E-state index contributed by atoms with van der Waals surface area (Å²) >= 11 is 0. The lowest BCUT2D eigenvalue weighted by atomic mass is 10.3. The van der Waals surface area contributed by atoms with Gasteiger partial charge in [0.2, 0.25) is 6.79 Å². The van der Waals surface area contributed by atoms with Crippen LogP contribution in [0.2, 0.25) is 0 Å². The zero-order valence-corrected chi connectivity index (χ0v) is 14.4. The minimum absolute atomic E-state index is 0.0591. The number of ether oxygens (including phenoxy) is 3. The van der Waals surface area contributed by atoms with Gasteiger partial charge in [-0.3, -0.25) is 9.29 Å². The maximum Gasteiger partial charge on any atom is 0.262 e. The standard InChI is InChI=1S/C16H14N4O5S/c1-23-15-7-12(3-4-13(15)20-8-17-18-9-20)26(21,22)19-11-2-5-14-16(6-11)25-10-24-14/h2-9,19H,10H2,1H3. The Labute approximate surface area is 149 Å². The molecular weight excluding hydrogens is 360 g/mol. The third-order valence-corrected chi connectivity index (χ3v) is 5.16. The van der Waals surface area contributed by atoms with E-state index in [1.54, 1.807) is 28.8 Å². The summed E-state index contributed by atoms with van der Waals surface area (Å²) in [6.45, 7) is 0.118. The molecule has 10 heteroatoms. The van der Waals surface area contributed by atoms with Crippen LogP contribution in [0.5, 0.6) is 17.2 Å². The monoisotopic (exact) mass is 374 g/mol. The molecule has 2 heterocycles. The molecule has 3 aromatic rings. The van der Waals surface area contributed by atoms with Gasteiger partial charge in [0.15, 0.2) is 11.5 Å². The summed E-state index contributed by atoms with van der Waals surface area (Å²) in [7, 11) is -2.35. The summed E-state index contributed by atoms with van der Waals surface area (Å²) in [6.07, 6.45) is 2.99. The Bertz CT molecular complexity index is 1050. The van der Waals surface area contributed by atoms with Crippen molar-refractivity contribution in [1.82, 2.24) is 14.8 Å². The first-order valence-electron chi connectivity index (χ1n) is 7.52. The molecule has 1 aliphatic rings. The Morgan fingerprint density at radius 2 is 1.85 bits per heavy atom. The third-order valence-electron chi connectivity index (χ3n) is 3.78. The van der Waals surface area contributed by atoms with E-state index in [1.807, 2.05) is 0 Å². The maximum absolute atomic E-state index is 12.7. The SMILES string of the molecule is COc1cc(S(=O)(=O)Nc2ccc3c(c2)OCO3)ccc1-n1cnnc1. The molecule has 1 N–H and O–H groups in total. The van der Waals surface area contributed by atoms with Gasteiger partial charge in [-0.15, -0.1) is 10.2 Å². The summed E-state index contributed by atoms with van der Waals surface area (Å²) < 4.78 is 45.3. The molecule has 0 radical (unpaired) electrons. The maximum atomic E-state index is 12.7. The van der Waals surface area contributed by atoms with Crippen LogP contribution in [0.1, 0.15) is 0 Å². The van der Waals surface area contributed by atoms with Gasteiger partial charge < -0.3 is 14.2 Å². The third kappa shape index (κ3) is 2.90. The van der Waals surface area contributed by atoms with Crippen molar-refractivity contribution in [2.75, 3.05) is 18.6 Å². The number of anilines is 1. The van der Waals surface area contributed by atoms with Crippen LogP contribution in [0.15, 0.2) is 53.9 Å². The molecule has 4 rings (SSSR count). The number of fused-ring (bicyclic) bond motifs is 1. The van der Waals surface area contributed by atoms with E-state index >= 15 is 0 Å². The highest BCUT2D eigenvalue weighted by Gasteiger charge is 2.20. The molecular formula is C16H14N4O5S. The second-order valence-corrected chi connectivity index (χ2v) is 7.06. The predicted molar refractivity (Wildman–Crippen MR) is 91.3 cm³/mol. The van der Waals surface area contributed by atoms with Crippen molar-refractivity contribution in [2.24, 2.45) is 0 Å². The van der Waals surface area contributed by atoms with Crippen LogP contribution in [0.4, 0.5) is 5.69 Å². The van der Waals surface area contributed by atoms with E-state index in [9.17, 15) is 8.42 Å². The molecule has 1 aliphatic heterocycles. The average molecular weight is 374 g/mol. The molecule has 0 spiro atoms. The number of sulfonamides is 1. The number of aromatic nitrogens is 3. The lowest BCUT2D eigenvalue weighted by Crippen LogP contribution is -2.13. The van der Waals surface area contributed by atoms with Crippen LogP contribution in [0.25, 0.3) is 5.69 Å². The van der Waals surface area contributed by atoms with Crippen LogP contribution in [-0.2, 0) is 10.0 Å². The molecule has 0 atom stereocenters. The Morgan fingerprint density at radius 3 is 2.62 bits per heavy atom. The molecule has 0 amide bonds. The Balaban J connectivity index is 1.65. The predicted octanol–water partition coefficient (Wildman–Crippen LogP) is 1.81. The molecule has 0 bridgehead atoms. The first kappa shape index (κ1) is 16.2. The smallest absolute Gasteiger partial charge is 0.262 e. The topological polar surface area (TPSA) is 105 Å². The zero-order chi connectivity index (χ0) is 18.1. The molecule has 0 aliphatic carbocycles. The van der Waals surface area contributed by atoms with Gasteiger partial charge in [0.1, 0.15) is 18.4 Å². The number of rotatable bonds is 5. The number of nitrogens with one attached hydrogen (secondary N) is 1. The van der Waals surface area contributed by atoms with Gasteiger partial charge in [-0.2, -0.15) is 0 Å². The summed E-state index contributed by atoms with van der Waals surface area (Å²) in [5, 5.41) is 7.47. The van der Waals surface area contributed by atoms with Crippen molar-refractivity contribution in [3.63, 3.8) is 0 Å². The van der Waals surface area contributed by atoms with Crippen molar-refractivity contribution in [2.45, 2.75) is 4.90 Å². The molecule has 26 heavy (non-hydrogen) atoms. The van der Waals surface area contributed by atoms with Crippen molar-refractivity contribution in [1.29, 1.82) is 0 Å². The lowest BCUT2D eigenvalue weighted by Gasteiger charge is -2.12. The highest BCUT2D eigenvalue weighted by Crippen LogP contribution is 2.35. The normalized spacial score (nSPS) is 12.8. The number of nitrogens with zero attached hydrogens (tertiary/aromatic N) is 3. The quantitative estimate of drug-likeness (QED) is 0.726. The van der Waals surface area contributed by atoms with Gasteiger partial charge in [-0.25, -0.2) is 8.42 Å². The van der Waals surface area contributed by atoms with E-state index in [-0.39, 0.29) is 11.7 Å². The van der Waals surface area contributed by atoms with Crippen LogP contribution < -0.4 is 18.9 Å². The van der Waals surface area contributed by atoms with Gasteiger partial charge in [-0.1, -0.05) is 0 Å². The van der Waals surface area contributed by atoms with Crippen molar-refractivity contribution in [3.8, 4) is 22.9 Å². The van der Waals surface area contributed by atoms with Crippen LogP contribution in [-0.4, -0.2) is 37.1 Å². The first-order valence-corrected chi connectivity index (χ1v) is 9.01. The van der Waals surface area contributed by atoms with Gasteiger partial charge in [0.25, 0.3) is 10.0 Å². The van der Waals surface area contributed by atoms with Gasteiger partial charge in [-0.05, 0) is 24.3 Å². The Hall–Kier alpha value is -3.27. The van der Waals surface area contributed by atoms with Crippen molar-refractivity contribution >= 4 is 15.7 Å². The van der Waals surface area contributed by atoms with Crippen molar-refractivity contribution < 1.29 is 22.6 Å². The van der Waals surface area contributed by atoms with Gasteiger partial charge in [0, 0.05) is 12.1 Å². The Morgan fingerprint density at radius 1 is 1.08 bits per heavy atom. The van der Waals surface area contributed by atoms with Crippen LogP contribution in [0.3, 0.4) is 0 Å². The van der Waals surface area contributed by atoms with E-state index in [2.05, 4.69) is 14.9 Å². The highest BCUT2D eigenvalue weighted by molar-refractivity contribution is 7.92. The second-order valence-electron chi connectivity index (χ2n) is 5.38. The zero-order valence-electron chi connectivity index (χ0n) is 13.6. The molecule has 9 nitrogen and oxygen atoms in total. The molecule has 0 saturated heterocycles. The van der Waals surface area contributed by atoms with E-state index in [4.69, 9.17) is 14.2 Å².